The van der Waals surface area contributed by atoms with Gasteiger partial charge >= 0.3 is 0 Å². The lowest BCUT2D eigenvalue weighted by Crippen LogP contribution is -2.44. The van der Waals surface area contributed by atoms with Crippen LogP contribution in [0.5, 0.6) is 0 Å². The van der Waals surface area contributed by atoms with Gasteiger partial charge in [-0.3, -0.25) is 9.59 Å². The molecule has 0 bridgehead atoms. The van der Waals surface area contributed by atoms with Crippen LogP contribution in [-0.2, 0) is 9.59 Å². The van der Waals surface area contributed by atoms with Crippen LogP contribution < -0.4 is 10.6 Å². The van der Waals surface area contributed by atoms with Crippen LogP contribution in [-0.4, -0.2) is 49.9 Å². The van der Waals surface area contributed by atoms with Crippen molar-refractivity contribution >= 4 is 11.8 Å². The Morgan fingerprint density at radius 3 is 2.72 bits per heavy atom. The number of piperidine rings is 1. The molecule has 5 heteroatoms. The molecule has 102 valence electrons. The van der Waals surface area contributed by atoms with Crippen LogP contribution in [0.2, 0.25) is 0 Å². The van der Waals surface area contributed by atoms with Gasteiger partial charge in [0.25, 0.3) is 0 Å². The molecule has 0 aromatic rings. The van der Waals surface area contributed by atoms with Gasteiger partial charge in [-0.05, 0) is 31.3 Å². The van der Waals surface area contributed by atoms with Gasteiger partial charge in [0.1, 0.15) is 0 Å². The zero-order valence-electron chi connectivity index (χ0n) is 11.3. The summed E-state index contributed by atoms with van der Waals surface area (Å²) in [7, 11) is 1.75. The molecule has 2 rings (SSSR count). The van der Waals surface area contributed by atoms with Crippen LogP contribution in [0.15, 0.2) is 0 Å². The Morgan fingerprint density at radius 1 is 1.50 bits per heavy atom. The molecule has 5 nitrogen and oxygen atoms in total. The average molecular weight is 253 g/mol. The fraction of sp³-hybridized carbons (Fsp3) is 0.846. The van der Waals surface area contributed by atoms with Gasteiger partial charge in [0.15, 0.2) is 0 Å². The Labute approximate surface area is 108 Å². The molecule has 0 aromatic heterocycles. The van der Waals surface area contributed by atoms with Gasteiger partial charge in [-0.15, -0.1) is 0 Å². The van der Waals surface area contributed by atoms with Crippen molar-refractivity contribution in [3.63, 3.8) is 0 Å². The van der Waals surface area contributed by atoms with Crippen molar-refractivity contribution in [3.8, 4) is 0 Å². The first kappa shape index (κ1) is 13.3. The summed E-state index contributed by atoms with van der Waals surface area (Å²) >= 11 is 0. The molecule has 1 unspecified atom stereocenters. The first-order chi connectivity index (χ1) is 8.50. The maximum atomic E-state index is 12.0. The van der Waals surface area contributed by atoms with Crippen molar-refractivity contribution < 1.29 is 9.59 Å². The van der Waals surface area contributed by atoms with Gasteiger partial charge in [-0.2, -0.15) is 0 Å². The molecule has 0 aromatic carbocycles. The Kier molecular flexibility index (Phi) is 3.90. The second-order valence-corrected chi connectivity index (χ2v) is 5.95. The van der Waals surface area contributed by atoms with Gasteiger partial charge in [0, 0.05) is 26.6 Å². The first-order valence-electron chi connectivity index (χ1n) is 6.73. The van der Waals surface area contributed by atoms with Crippen molar-refractivity contribution in [2.75, 3.05) is 33.2 Å². The number of rotatable bonds is 3. The summed E-state index contributed by atoms with van der Waals surface area (Å²) in [5.41, 5.74) is 0.204. The number of likely N-dealkylation sites (tertiary alicyclic amines) is 1. The number of nitrogens with zero attached hydrogens (tertiary/aromatic N) is 1. The van der Waals surface area contributed by atoms with Crippen molar-refractivity contribution in [1.29, 1.82) is 0 Å². The molecule has 2 heterocycles. The minimum absolute atomic E-state index is 0.0347. The maximum Gasteiger partial charge on any atom is 0.225 e. The van der Waals surface area contributed by atoms with Crippen LogP contribution in [0.4, 0.5) is 0 Å². The van der Waals surface area contributed by atoms with Crippen LogP contribution in [0.25, 0.3) is 0 Å². The SMILES string of the molecule is CN1CC(C(=O)NCC2(C)CCNCC2)CC1=O. The second-order valence-electron chi connectivity index (χ2n) is 5.95. The summed E-state index contributed by atoms with van der Waals surface area (Å²) in [6.07, 6.45) is 2.55. The van der Waals surface area contributed by atoms with Gasteiger partial charge in [-0.1, -0.05) is 6.92 Å². The quantitative estimate of drug-likeness (QED) is 0.742. The molecule has 2 N–H and O–H groups in total. The number of hydrogen-bond donors (Lipinski definition) is 2. The van der Waals surface area contributed by atoms with E-state index in [9.17, 15) is 9.59 Å². The Morgan fingerprint density at radius 2 is 2.17 bits per heavy atom. The molecule has 0 radical (unpaired) electrons. The van der Waals surface area contributed by atoms with Crippen molar-refractivity contribution in [1.82, 2.24) is 15.5 Å². The van der Waals surface area contributed by atoms with Gasteiger partial charge in [0.05, 0.1) is 5.92 Å². The Bertz CT molecular complexity index is 337. The molecule has 2 aliphatic rings. The summed E-state index contributed by atoms with van der Waals surface area (Å²) in [6, 6.07) is 0. The molecule has 0 aliphatic carbocycles. The highest BCUT2D eigenvalue weighted by Gasteiger charge is 2.33. The van der Waals surface area contributed by atoms with E-state index in [1.807, 2.05) is 0 Å². The third-order valence-corrected chi connectivity index (χ3v) is 4.21. The van der Waals surface area contributed by atoms with Crippen LogP contribution in [0.3, 0.4) is 0 Å². The molecule has 18 heavy (non-hydrogen) atoms. The van der Waals surface area contributed by atoms with Gasteiger partial charge < -0.3 is 15.5 Å². The molecule has 2 fully saturated rings. The van der Waals surface area contributed by atoms with Crippen molar-refractivity contribution in [2.24, 2.45) is 11.3 Å². The number of carbonyl (C=O) groups excluding carboxylic acids is 2. The predicted molar refractivity (Wildman–Crippen MR) is 69.0 cm³/mol. The molecule has 2 aliphatic heterocycles. The fourth-order valence-electron chi connectivity index (χ4n) is 2.69. The molecular formula is C13H23N3O2. The topological polar surface area (TPSA) is 61.4 Å². The van der Waals surface area contributed by atoms with Crippen molar-refractivity contribution in [2.45, 2.75) is 26.2 Å². The van der Waals surface area contributed by atoms with Gasteiger partial charge in [-0.25, -0.2) is 0 Å². The van der Waals surface area contributed by atoms with E-state index in [1.54, 1.807) is 11.9 Å². The molecular weight excluding hydrogens is 230 g/mol. The summed E-state index contributed by atoms with van der Waals surface area (Å²) in [5, 5.41) is 6.36. The minimum atomic E-state index is -0.159. The van der Waals surface area contributed by atoms with Crippen LogP contribution in [0.1, 0.15) is 26.2 Å². The monoisotopic (exact) mass is 253 g/mol. The second kappa shape index (κ2) is 5.26. The molecule has 0 saturated carbocycles. The van der Waals surface area contributed by atoms with E-state index in [2.05, 4.69) is 17.6 Å². The largest absolute Gasteiger partial charge is 0.355 e. The zero-order valence-corrected chi connectivity index (χ0v) is 11.3. The predicted octanol–water partition coefficient (Wildman–Crippen LogP) is -0.0294. The van der Waals surface area contributed by atoms with Crippen LogP contribution >= 0.6 is 0 Å². The number of nitrogens with one attached hydrogen (secondary N) is 2. The first-order valence-corrected chi connectivity index (χ1v) is 6.73. The highest BCUT2D eigenvalue weighted by atomic mass is 16.2. The van der Waals surface area contributed by atoms with Gasteiger partial charge in [0.2, 0.25) is 11.8 Å². The third kappa shape index (κ3) is 3.02. The van der Waals surface area contributed by atoms with E-state index < -0.39 is 0 Å². The molecule has 2 saturated heterocycles. The van der Waals surface area contributed by atoms with E-state index in [0.29, 0.717) is 13.0 Å². The van der Waals surface area contributed by atoms with Crippen LogP contribution in [0, 0.1) is 11.3 Å². The number of carbonyl (C=O) groups is 2. The summed E-state index contributed by atoms with van der Waals surface area (Å²) in [4.78, 5) is 25.0. The standard InChI is InChI=1S/C13H23N3O2/c1-13(3-5-14-6-4-13)9-15-12(18)10-7-11(17)16(2)8-10/h10,14H,3-9H2,1-2H3,(H,15,18). The maximum absolute atomic E-state index is 12.0. The normalized spacial score (nSPS) is 27.3. The third-order valence-electron chi connectivity index (χ3n) is 4.21. The lowest BCUT2D eigenvalue weighted by atomic mass is 9.81. The highest BCUT2D eigenvalue weighted by molar-refractivity contribution is 5.89. The summed E-state index contributed by atoms with van der Waals surface area (Å²) in [5.74, 6) is -0.0523. The highest BCUT2D eigenvalue weighted by Crippen LogP contribution is 2.27. The lowest BCUT2D eigenvalue weighted by Gasteiger charge is -2.34. The average Bonchev–Trinajstić information content (AvgIpc) is 2.68. The van der Waals surface area contributed by atoms with E-state index in [4.69, 9.17) is 0 Å². The Hall–Kier alpha value is -1.10. The molecule has 1 atom stereocenters. The smallest absolute Gasteiger partial charge is 0.225 e. The molecule has 0 spiro atoms. The minimum Gasteiger partial charge on any atom is -0.355 e. The molecule has 2 amide bonds. The van der Waals surface area contributed by atoms with E-state index in [-0.39, 0.29) is 23.1 Å². The number of hydrogen-bond acceptors (Lipinski definition) is 3. The zero-order chi connectivity index (χ0) is 13.2. The summed E-state index contributed by atoms with van der Waals surface area (Å²) in [6.45, 7) is 5.55. The Balaban J connectivity index is 1.79. The van der Waals surface area contributed by atoms with E-state index >= 15 is 0 Å². The fourth-order valence-corrected chi connectivity index (χ4v) is 2.69. The number of amides is 2. The van der Waals surface area contributed by atoms with Crippen molar-refractivity contribution in [3.05, 3.63) is 0 Å². The lowest BCUT2D eigenvalue weighted by molar-refractivity contribution is -0.128. The van der Waals surface area contributed by atoms with E-state index in [0.717, 1.165) is 32.5 Å². The van der Waals surface area contributed by atoms with E-state index in [1.165, 1.54) is 0 Å². The summed E-state index contributed by atoms with van der Waals surface area (Å²) < 4.78 is 0.